The molecule has 1 atom stereocenters. The largest absolute Gasteiger partial charge is 0.351 e. The Kier molecular flexibility index (Phi) is 5.28. The van der Waals surface area contributed by atoms with E-state index in [1.165, 1.54) is 18.2 Å². The van der Waals surface area contributed by atoms with E-state index in [-0.39, 0.29) is 18.8 Å². The third kappa shape index (κ3) is 3.36. The van der Waals surface area contributed by atoms with Crippen molar-refractivity contribution in [1.29, 1.82) is 0 Å². The van der Waals surface area contributed by atoms with Crippen molar-refractivity contribution in [3.63, 3.8) is 0 Å². The fraction of sp³-hybridized carbons (Fsp3) is 0.455. The molecule has 0 saturated carbocycles. The van der Waals surface area contributed by atoms with Crippen LogP contribution in [0.4, 0.5) is 4.39 Å². The summed E-state index contributed by atoms with van der Waals surface area (Å²) in [5, 5.41) is 0. The first kappa shape index (κ1) is 14.3. The fourth-order valence-corrected chi connectivity index (χ4v) is 3.11. The molecule has 2 N–H and O–H groups in total. The molecule has 0 amide bonds. The van der Waals surface area contributed by atoms with Crippen LogP contribution in [0.2, 0.25) is 0 Å². The second kappa shape index (κ2) is 6.26. The van der Waals surface area contributed by atoms with Gasteiger partial charge >= 0.3 is 7.60 Å². The van der Waals surface area contributed by atoms with Crippen LogP contribution in [0.1, 0.15) is 25.2 Å². The van der Waals surface area contributed by atoms with Crippen molar-refractivity contribution >= 4 is 7.60 Å². The molecule has 17 heavy (non-hydrogen) atoms. The molecule has 6 heteroatoms. The number of nitrogens with two attached hydrogens (primary N) is 1. The SMILES string of the molecule is CCOP(=O)(OCC)[C@H](N)c1ccccc1F. The van der Waals surface area contributed by atoms with Gasteiger partial charge in [0.05, 0.1) is 13.2 Å². The predicted octanol–water partition coefficient (Wildman–Crippen LogP) is 3.05. The van der Waals surface area contributed by atoms with Gasteiger partial charge in [0.25, 0.3) is 0 Å². The maximum atomic E-state index is 13.5. The Hall–Kier alpha value is -0.740. The Morgan fingerprint density at radius 1 is 1.29 bits per heavy atom. The number of halogens is 1. The van der Waals surface area contributed by atoms with Gasteiger partial charge in [0.1, 0.15) is 11.6 Å². The van der Waals surface area contributed by atoms with Crippen molar-refractivity contribution in [3.8, 4) is 0 Å². The number of benzene rings is 1. The van der Waals surface area contributed by atoms with Gasteiger partial charge in [-0.2, -0.15) is 0 Å². The molecule has 1 rings (SSSR count). The van der Waals surface area contributed by atoms with E-state index < -0.39 is 19.2 Å². The molecule has 0 aliphatic rings. The first-order chi connectivity index (χ1) is 8.05. The third-order valence-corrected chi connectivity index (χ3v) is 4.38. The molecule has 0 heterocycles. The van der Waals surface area contributed by atoms with Crippen molar-refractivity contribution in [2.24, 2.45) is 5.73 Å². The van der Waals surface area contributed by atoms with Crippen molar-refractivity contribution in [2.75, 3.05) is 13.2 Å². The summed E-state index contributed by atoms with van der Waals surface area (Å²) in [5.74, 6) is -1.62. The van der Waals surface area contributed by atoms with Crippen LogP contribution < -0.4 is 5.73 Å². The summed E-state index contributed by atoms with van der Waals surface area (Å²) in [4.78, 5) is 0. The predicted molar refractivity (Wildman–Crippen MR) is 64.2 cm³/mol. The van der Waals surface area contributed by atoms with E-state index >= 15 is 0 Å². The average Bonchev–Trinajstić information content (AvgIpc) is 2.29. The normalized spacial score (nSPS) is 13.6. The molecule has 0 saturated heterocycles. The number of hydrogen-bond acceptors (Lipinski definition) is 4. The second-order valence-electron chi connectivity index (χ2n) is 3.34. The molecule has 0 fully saturated rings. The number of rotatable bonds is 6. The number of hydrogen-bond donors (Lipinski definition) is 1. The standard InChI is InChI=1S/C11H17FNO3P/c1-3-15-17(14,16-4-2)11(13)9-7-5-6-8-10(9)12/h5-8,11H,3-4,13H2,1-2H3/t11-/m0/s1. The Bertz CT molecular complexity index is 403. The first-order valence-corrected chi connectivity index (χ1v) is 7.05. The van der Waals surface area contributed by atoms with Crippen LogP contribution in [0.3, 0.4) is 0 Å². The molecule has 0 aliphatic carbocycles. The van der Waals surface area contributed by atoms with Gasteiger partial charge in [-0.25, -0.2) is 4.39 Å². The lowest BCUT2D eigenvalue weighted by molar-refractivity contribution is 0.212. The first-order valence-electron chi connectivity index (χ1n) is 5.44. The molecule has 1 aromatic rings. The Labute approximate surface area is 100 Å². The van der Waals surface area contributed by atoms with E-state index in [1.807, 2.05) is 0 Å². The molecule has 1 aromatic carbocycles. The summed E-state index contributed by atoms with van der Waals surface area (Å²) in [6.45, 7) is 3.75. The van der Waals surface area contributed by atoms with Gasteiger partial charge in [-0.3, -0.25) is 4.57 Å². The molecule has 0 spiro atoms. The van der Waals surface area contributed by atoms with Gasteiger partial charge in [0, 0.05) is 5.56 Å². The van der Waals surface area contributed by atoms with Crippen LogP contribution in [-0.4, -0.2) is 13.2 Å². The average molecular weight is 261 g/mol. The highest BCUT2D eigenvalue weighted by atomic mass is 31.2. The minimum atomic E-state index is -3.52. The summed E-state index contributed by atoms with van der Waals surface area (Å²) in [6, 6.07) is 5.90. The Morgan fingerprint density at radius 3 is 2.29 bits per heavy atom. The highest BCUT2D eigenvalue weighted by molar-refractivity contribution is 7.54. The van der Waals surface area contributed by atoms with E-state index in [2.05, 4.69) is 0 Å². The topological polar surface area (TPSA) is 61.5 Å². The lowest BCUT2D eigenvalue weighted by atomic mass is 10.2. The van der Waals surface area contributed by atoms with Crippen LogP contribution in [0.5, 0.6) is 0 Å². The minimum absolute atomic E-state index is 0.137. The smallest absolute Gasteiger partial charge is 0.314 e. The van der Waals surface area contributed by atoms with Gasteiger partial charge in [0.15, 0.2) is 0 Å². The third-order valence-electron chi connectivity index (χ3n) is 2.18. The molecule has 0 unspecified atom stereocenters. The summed E-state index contributed by atoms with van der Waals surface area (Å²) >= 11 is 0. The van der Waals surface area contributed by atoms with Gasteiger partial charge < -0.3 is 14.8 Å². The monoisotopic (exact) mass is 261 g/mol. The van der Waals surface area contributed by atoms with Crippen molar-refractivity contribution in [1.82, 2.24) is 0 Å². The molecule has 4 nitrogen and oxygen atoms in total. The summed E-state index contributed by atoms with van der Waals surface area (Å²) in [7, 11) is -3.52. The van der Waals surface area contributed by atoms with Crippen LogP contribution >= 0.6 is 7.60 Å². The van der Waals surface area contributed by atoms with Crippen LogP contribution in [0, 0.1) is 5.82 Å². The highest BCUT2D eigenvalue weighted by Crippen LogP contribution is 2.58. The van der Waals surface area contributed by atoms with E-state index in [1.54, 1.807) is 19.9 Å². The lowest BCUT2D eigenvalue weighted by Gasteiger charge is -2.23. The van der Waals surface area contributed by atoms with E-state index in [0.717, 1.165) is 0 Å². The zero-order chi connectivity index (χ0) is 12.9. The minimum Gasteiger partial charge on any atom is -0.314 e. The maximum absolute atomic E-state index is 13.5. The summed E-state index contributed by atoms with van der Waals surface area (Å²) < 4.78 is 36.0. The second-order valence-corrected chi connectivity index (χ2v) is 5.49. The molecule has 0 aromatic heterocycles. The Balaban J connectivity index is 3.04. The van der Waals surface area contributed by atoms with Crippen LogP contribution in [0.15, 0.2) is 24.3 Å². The van der Waals surface area contributed by atoms with Gasteiger partial charge in [-0.1, -0.05) is 18.2 Å². The fourth-order valence-electron chi connectivity index (χ4n) is 1.44. The zero-order valence-electron chi connectivity index (χ0n) is 9.93. The van der Waals surface area contributed by atoms with Crippen molar-refractivity contribution in [2.45, 2.75) is 19.6 Å². The van der Waals surface area contributed by atoms with Crippen molar-refractivity contribution < 1.29 is 18.0 Å². The van der Waals surface area contributed by atoms with E-state index in [0.29, 0.717) is 0 Å². The molecule has 0 aliphatic heterocycles. The quantitative estimate of drug-likeness (QED) is 0.799. The molecular formula is C11H17FNO3P. The van der Waals surface area contributed by atoms with Crippen molar-refractivity contribution in [3.05, 3.63) is 35.6 Å². The van der Waals surface area contributed by atoms with Gasteiger partial charge in [0.2, 0.25) is 0 Å². The zero-order valence-corrected chi connectivity index (χ0v) is 10.8. The van der Waals surface area contributed by atoms with E-state index in [9.17, 15) is 8.96 Å². The van der Waals surface area contributed by atoms with E-state index in [4.69, 9.17) is 14.8 Å². The van der Waals surface area contributed by atoms with Gasteiger partial charge in [-0.05, 0) is 19.9 Å². The lowest BCUT2D eigenvalue weighted by Crippen LogP contribution is -2.16. The molecular weight excluding hydrogens is 244 g/mol. The molecule has 96 valence electrons. The molecule has 0 radical (unpaired) electrons. The highest BCUT2D eigenvalue weighted by Gasteiger charge is 2.35. The summed E-state index contributed by atoms with van der Waals surface area (Å²) in [5.41, 5.74) is 5.93. The summed E-state index contributed by atoms with van der Waals surface area (Å²) in [6.07, 6.45) is 0. The van der Waals surface area contributed by atoms with Crippen LogP contribution in [0.25, 0.3) is 0 Å². The Morgan fingerprint density at radius 2 is 1.82 bits per heavy atom. The maximum Gasteiger partial charge on any atom is 0.351 e. The van der Waals surface area contributed by atoms with Crippen LogP contribution in [-0.2, 0) is 13.6 Å². The van der Waals surface area contributed by atoms with Gasteiger partial charge in [-0.15, -0.1) is 0 Å². The molecule has 0 bridgehead atoms.